The molecule has 0 spiro atoms. The van der Waals surface area contributed by atoms with E-state index in [1.807, 2.05) is 24.8 Å². The average Bonchev–Trinajstić information content (AvgIpc) is 3.52. The number of nitrogens with zero attached hydrogens (tertiary/aromatic N) is 6. The molecule has 5 heterocycles. The molecule has 230 valence electrons. The lowest BCUT2D eigenvalue weighted by Gasteiger charge is -2.37. The average molecular weight is 595 g/mol. The van der Waals surface area contributed by atoms with Gasteiger partial charge in [0.05, 0.1) is 31.7 Å². The summed E-state index contributed by atoms with van der Waals surface area (Å²) in [5.74, 6) is -0.120. The summed E-state index contributed by atoms with van der Waals surface area (Å²) in [7, 11) is 0. The van der Waals surface area contributed by atoms with Gasteiger partial charge in [0.25, 0.3) is 5.91 Å². The Labute approximate surface area is 249 Å². The van der Waals surface area contributed by atoms with Crippen LogP contribution < -0.4 is 26.1 Å². The number of carbonyl (C=O) groups excluding carboxylic acids is 2. The van der Waals surface area contributed by atoms with E-state index >= 15 is 0 Å². The van der Waals surface area contributed by atoms with Gasteiger partial charge in [-0.05, 0) is 18.9 Å². The van der Waals surface area contributed by atoms with Gasteiger partial charge in [-0.25, -0.2) is 4.98 Å². The number of nitrogen functional groups attached to an aromatic ring is 1. The molecule has 1 fully saturated rings. The summed E-state index contributed by atoms with van der Waals surface area (Å²) in [6.45, 7) is 6.99. The van der Waals surface area contributed by atoms with Crippen LogP contribution in [0.2, 0.25) is 0 Å². The summed E-state index contributed by atoms with van der Waals surface area (Å²) in [6.07, 6.45) is 5.60. The molecule has 0 unspecified atom stereocenters. The van der Waals surface area contributed by atoms with E-state index in [-0.39, 0.29) is 41.3 Å². The Hall–Kier alpha value is -4.46. The van der Waals surface area contributed by atoms with Gasteiger partial charge in [-0.3, -0.25) is 14.4 Å². The first-order valence-electron chi connectivity index (χ1n) is 14.7. The van der Waals surface area contributed by atoms with Crippen LogP contribution in [-0.2, 0) is 28.9 Å². The first kappa shape index (κ1) is 30.0. The summed E-state index contributed by atoms with van der Waals surface area (Å²) >= 11 is 0. The van der Waals surface area contributed by atoms with E-state index in [4.69, 9.17) is 15.2 Å². The van der Waals surface area contributed by atoms with Crippen molar-refractivity contribution < 1.29 is 24.2 Å². The van der Waals surface area contributed by atoms with Crippen LogP contribution in [0.3, 0.4) is 0 Å². The number of carbonyl (C=O) groups is 2. The molecular formula is C29H38N8O6. The molecule has 3 aliphatic rings. The van der Waals surface area contributed by atoms with E-state index in [1.165, 1.54) is 6.20 Å². The zero-order valence-electron chi connectivity index (χ0n) is 24.6. The number of aromatic hydroxyl groups is 1. The number of nitrogens with one attached hydrogen (secondary N) is 1. The third-order valence-electron chi connectivity index (χ3n) is 7.79. The van der Waals surface area contributed by atoms with Crippen molar-refractivity contribution in [3.63, 3.8) is 0 Å². The normalized spacial score (nSPS) is 16.7. The fraction of sp³-hybridized carbons (Fsp3) is 0.517. The van der Waals surface area contributed by atoms with Crippen LogP contribution in [0.15, 0.2) is 33.0 Å². The van der Waals surface area contributed by atoms with Crippen molar-refractivity contribution in [3.05, 3.63) is 45.1 Å². The first-order valence-corrected chi connectivity index (χ1v) is 14.7. The molecule has 0 atom stereocenters. The highest BCUT2D eigenvalue weighted by atomic mass is 16.5. The summed E-state index contributed by atoms with van der Waals surface area (Å²) in [5, 5.41) is 22.2. The SMILES string of the molecule is CCCNC(=O)Cn1c(CC)c(N2CCN(C(=O)c3ncc4c(c3O)CCO4)CC2)c(=O)c(N)c1N=NC1=CCOCC1. The van der Waals surface area contributed by atoms with Gasteiger partial charge in [-0.15, -0.1) is 5.11 Å². The molecule has 0 bridgehead atoms. The van der Waals surface area contributed by atoms with Gasteiger partial charge in [-0.1, -0.05) is 13.8 Å². The molecular weight excluding hydrogens is 556 g/mol. The van der Waals surface area contributed by atoms with Crippen LogP contribution in [0.1, 0.15) is 48.4 Å². The van der Waals surface area contributed by atoms with E-state index < -0.39 is 5.43 Å². The Kier molecular flexibility index (Phi) is 9.24. The maximum absolute atomic E-state index is 13.8. The van der Waals surface area contributed by atoms with Gasteiger partial charge in [-0.2, -0.15) is 5.11 Å². The number of anilines is 2. The predicted molar refractivity (Wildman–Crippen MR) is 159 cm³/mol. The van der Waals surface area contributed by atoms with Gasteiger partial charge in [0, 0.05) is 56.8 Å². The van der Waals surface area contributed by atoms with Crippen LogP contribution in [-0.4, -0.2) is 83.9 Å². The number of pyridine rings is 2. The van der Waals surface area contributed by atoms with E-state index in [1.54, 1.807) is 9.47 Å². The molecule has 3 aliphatic heterocycles. The quantitative estimate of drug-likeness (QED) is 0.366. The Morgan fingerprint density at radius 3 is 2.63 bits per heavy atom. The fourth-order valence-electron chi connectivity index (χ4n) is 5.50. The van der Waals surface area contributed by atoms with Gasteiger partial charge < -0.3 is 40.0 Å². The molecule has 4 N–H and O–H groups in total. The maximum atomic E-state index is 13.8. The highest BCUT2D eigenvalue weighted by molar-refractivity contribution is 5.95. The van der Waals surface area contributed by atoms with Gasteiger partial charge in [0.1, 0.15) is 23.7 Å². The van der Waals surface area contributed by atoms with Crippen molar-refractivity contribution in [2.45, 2.75) is 46.1 Å². The minimum Gasteiger partial charge on any atom is -0.505 e. The monoisotopic (exact) mass is 594 g/mol. The molecule has 0 aliphatic carbocycles. The summed E-state index contributed by atoms with van der Waals surface area (Å²) in [5.41, 5.74) is 8.23. The minimum absolute atomic E-state index is 0.00834. The zero-order chi connectivity index (χ0) is 30.5. The Bertz CT molecular complexity index is 1510. The molecule has 5 rings (SSSR count). The molecule has 2 amide bonds. The second-order valence-electron chi connectivity index (χ2n) is 10.5. The number of ether oxygens (including phenoxy) is 2. The zero-order valence-corrected chi connectivity index (χ0v) is 24.6. The fourth-order valence-corrected chi connectivity index (χ4v) is 5.50. The van der Waals surface area contributed by atoms with Gasteiger partial charge >= 0.3 is 0 Å². The van der Waals surface area contributed by atoms with E-state index in [2.05, 4.69) is 20.5 Å². The molecule has 14 heteroatoms. The standard InChI is InChI=1S/C29H38N8O6/c1-3-8-31-22(38)17-37-20(4-2)25(27(40)23(30)28(37)34-33-18-5-13-42-14-6-18)35-9-11-36(12-10-35)29(41)24-26(39)19-7-15-43-21(19)16-32-24/h5,16,39H,3-4,6-15,17,30H2,1-2H3,(H,31,38). The van der Waals surface area contributed by atoms with Crippen molar-refractivity contribution in [1.82, 2.24) is 19.8 Å². The smallest absolute Gasteiger partial charge is 0.276 e. The molecule has 1 saturated heterocycles. The minimum atomic E-state index is -0.394. The molecule has 0 aromatic carbocycles. The Morgan fingerprint density at radius 1 is 1.14 bits per heavy atom. The Morgan fingerprint density at radius 2 is 1.93 bits per heavy atom. The topological polar surface area (TPSA) is 177 Å². The van der Waals surface area contributed by atoms with Crippen molar-refractivity contribution >= 4 is 29.0 Å². The number of nitrogens with two attached hydrogens (primary N) is 1. The largest absolute Gasteiger partial charge is 0.505 e. The lowest BCUT2D eigenvalue weighted by atomic mass is 10.1. The van der Waals surface area contributed by atoms with Crippen molar-refractivity contribution in [1.29, 1.82) is 0 Å². The number of fused-ring (bicyclic) bond motifs is 1. The number of amides is 2. The number of azo groups is 1. The van der Waals surface area contributed by atoms with Crippen molar-refractivity contribution in [3.8, 4) is 11.5 Å². The van der Waals surface area contributed by atoms with E-state index in [9.17, 15) is 19.5 Å². The third kappa shape index (κ3) is 6.19. The van der Waals surface area contributed by atoms with E-state index in [0.29, 0.717) is 94.5 Å². The van der Waals surface area contributed by atoms with Gasteiger partial charge in [0.15, 0.2) is 17.3 Å². The number of aromatic nitrogens is 2. The van der Waals surface area contributed by atoms with Crippen LogP contribution in [0.25, 0.3) is 0 Å². The van der Waals surface area contributed by atoms with E-state index in [0.717, 1.165) is 12.1 Å². The molecule has 2 aromatic rings. The summed E-state index contributed by atoms with van der Waals surface area (Å²) in [6, 6.07) is 0. The van der Waals surface area contributed by atoms with Crippen LogP contribution >= 0.6 is 0 Å². The second-order valence-corrected chi connectivity index (χ2v) is 10.5. The Balaban J connectivity index is 1.43. The predicted octanol–water partition coefficient (Wildman–Crippen LogP) is 1.90. The molecule has 14 nitrogen and oxygen atoms in total. The summed E-state index contributed by atoms with van der Waals surface area (Å²) in [4.78, 5) is 47.6. The highest BCUT2D eigenvalue weighted by Crippen LogP contribution is 2.35. The number of rotatable bonds is 9. The second kappa shape index (κ2) is 13.2. The van der Waals surface area contributed by atoms with Crippen molar-refractivity contribution in [2.24, 2.45) is 10.2 Å². The van der Waals surface area contributed by atoms with Crippen LogP contribution in [0.4, 0.5) is 17.2 Å². The van der Waals surface area contributed by atoms with Crippen LogP contribution in [0, 0.1) is 0 Å². The van der Waals surface area contributed by atoms with Crippen LogP contribution in [0.5, 0.6) is 11.5 Å². The first-order chi connectivity index (χ1) is 20.8. The summed E-state index contributed by atoms with van der Waals surface area (Å²) < 4.78 is 12.4. The highest BCUT2D eigenvalue weighted by Gasteiger charge is 2.31. The number of hydrogen-bond acceptors (Lipinski definition) is 11. The number of hydrogen-bond donors (Lipinski definition) is 3. The molecule has 0 saturated carbocycles. The third-order valence-corrected chi connectivity index (χ3v) is 7.79. The van der Waals surface area contributed by atoms with Gasteiger partial charge in [0.2, 0.25) is 11.3 Å². The lowest BCUT2D eigenvalue weighted by Crippen LogP contribution is -2.50. The number of piperazine rings is 1. The molecule has 0 radical (unpaired) electrons. The lowest BCUT2D eigenvalue weighted by molar-refractivity contribution is -0.121. The molecule has 2 aromatic heterocycles. The maximum Gasteiger partial charge on any atom is 0.276 e. The molecule has 43 heavy (non-hydrogen) atoms. The van der Waals surface area contributed by atoms with Crippen molar-refractivity contribution in [2.75, 3.05) is 63.2 Å².